The van der Waals surface area contributed by atoms with Crippen LogP contribution in [-0.2, 0) is 0 Å². The van der Waals surface area contributed by atoms with Crippen molar-refractivity contribution in [2.75, 3.05) is 0 Å². The number of rotatable bonds is 0. The van der Waals surface area contributed by atoms with Gasteiger partial charge in [-0.3, -0.25) is 0 Å². The minimum absolute atomic E-state index is 0.542. The predicted molar refractivity (Wildman–Crippen MR) is 63.0 cm³/mol. The summed E-state index contributed by atoms with van der Waals surface area (Å²) in [5, 5.41) is 0. The molecule has 0 spiro atoms. The molecule has 1 aliphatic rings. The van der Waals surface area contributed by atoms with Gasteiger partial charge >= 0.3 is 0 Å². The number of hydrogen-bond donors (Lipinski definition) is 0. The van der Waals surface area contributed by atoms with E-state index < -0.39 is 0 Å². The Hall–Kier alpha value is 1.20. The maximum atomic E-state index is 2.59. The number of allylic oxidation sites excluding steroid dienone is 2. The summed E-state index contributed by atoms with van der Waals surface area (Å²) in [6.45, 7) is 0. The van der Waals surface area contributed by atoms with Crippen LogP contribution >= 0.6 is 45.2 Å². The normalized spacial score (nSPS) is 28.6. The van der Waals surface area contributed by atoms with Crippen LogP contribution in [0.25, 0.3) is 0 Å². The summed E-state index contributed by atoms with van der Waals surface area (Å²) in [6.07, 6.45) is 11.3. The van der Waals surface area contributed by atoms with E-state index in [0.29, 0.717) is 1.43 Å². The van der Waals surface area contributed by atoms with Gasteiger partial charge in [0, 0.05) is 0 Å². The van der Waals surface area contributed by atoms with Crippen LogP contribution in [0.2, 0.25) is 0 Å². The standard InChI is InChI=1S/C8H12I2/c9-8(10)6-4-2-1-3-5-7-8/h1-2H,3-7H2/b2-1+. The molecule has 0 saturated heterocycles. The average Bonchev–Trinajstić information content (AvgIpc) is 1.81. The van der Waals surface area contributed by atoms with E-state index in [2.05, 4.69) is 57.3 Å². The van der Waals surface area contributed by atoms with Gasteiger partial charge in [0.05, 0.1) is 1.43 Å². The summed E-state index contributed by atoms with van der Waals surface area (Å²) in [5.74, 6) is 0. The van der Waals surface area contributed by atoms with Gasteiger partial charge < -0.3 is 0 Å². The van der Waals surface area contributed by atoms with E-state index in [0.717, 1.165) is 0 Å². The molecule has 0 saturated carbocycles. The summed E-state index contributed by atoms with van der Waals surface area (Å²) in [4.78, 5) is 0. The highest BCUT2D eigenvalue weighted by Crippen LogP contribution is 2.38. The lowest BCUT2D eigenvalue weighted by molar-refractivity contribution is 0.655. The van der Waals surface area contributed by atoms with Gasteiger partial charge in [-0.2, -0.15) is 0 Å². The number of halogens is 2. The second-order valence-corrected chi connectivity index (χ2v) is 8.95. The van der Waals surface area contributed by atoms with Crippen LogP contribution in [0.3, 0.4) is 0 Å². The molecule has 2 heteroatoms. The third-order valence-electron chi connectivity index (χ3n) is 1.76. The summed E-state index contributed by atoms with van der Waals surface area (Å²) in [6, 6.07) is 0. The molecule has 0 aliphatic heterocycles. The van der Waals surface area contributed by atoms with E-state index >= 15 is 0 Å². The van der Waals surface area contributed by atoms with E-state index in [9.17, 15) is 0 Å². The Bertz CT molecular complexity index is 127. The van der Waals surface area contributed by atoms with Gasteiger partial charge in [-0.15, -0.1) is 0 Å². The SMILES string of the molecule is IC1(I)CC/C=C/CCC1. The Kier molecular flexibility index (Phi) is 3.98. The first-order valence-corrected chi connectivity index (χ1v) is 5.89. The molecule has 0 bridgehead atoms. The Morgan fingerprint density at radius 2 is 1.70 bits per heavy atom. The molecular formula is C8H12I2. The largest absolute Gasteiger partial charge is 0.0885 e. The van der Waals surface area contributed by atoms with Crippen LogP contribution in [0.15, 0.2) is 12.2 Å². The molecule has 0 heterocycles. The summed E-state index contributed by atoms with van der Waals surface area (Å²) in [7, 11) is 0. The van der Waals surface area contributed by atoms with Crippen LogP contribution in [0.4, 0.5) is 0 Å². The topological polar surface area (TPSA) is 0 Å². The second kappa shape index (κ2) is 4.28. The fourth-order valence-electron chi connectivity index (χ4n) is 1.13. The van der Waals surface area contributed by atoms with Gasteiger partial charge in [-0.1, -0.05) is 57.3 Å². The van der Waals surface area contributed by atoms with Crippen LogP contribution < -0.4 is 0 Å². The van der Waals surface area contributed by atoms with Crippen LogP contribution in [0.5, 0.6) is 0 Å². The molecule has 0 fully saturated rings. The average molecular weight is 362 g/mol. The van der Waals surface area contributed by atoms with Crippen molar-refractivity contribution in [3.63, 3.8) is 0 Å². The first-order chi connectivity index (χ1) is 4.71. The molecule has 0 atom stereocenters. The lowest BCUT2D eigenvalue weighted by Crippen LogP contribution is -2.10. The lowest BCUT2D eigenvalue weighted by atomic mass is 10.1. The molecule has 58 valence electrons. The Morgan fingerprint density at radius 1 is 1.00 bits per heavy atom. The molecule has 0 N–H and O–H groups in total. The number of hydrogen-bond acceptors (Lipinski definition) is 0. The Labute approximate surface area is 90.1 Å². The lowest BCUT2D eigenvalue weighted by Gasteiger charge is -2.20. The van der Waals surface area contributed by atoms with E-state index in [1.54, 1.807) is 0 Å². The van der Waals surface area contributed by atoms with Crippen molar-refractivity contribution in [1.82, 2.24) is 0 Å². The van der Waals surface area contributed by atoms with Crippen LogP contribution in [0, 0.1) is 0 Å². The van der Waals surface area contributed by atoms with Crippen molar-refractivity contribution >= 4 is 45.2 Å². The van der Waals surface area contributed by atoms with Gasteiger partial charge in [0.15, 0.2) is 0 Å². The van der Waals surface area contributed by atoms with Crippen molar-refractivity contribution in [2.45, 2.75) is 33.5 Å². The maximum absolute atomic E-state index is 2.59. The van der Waals surface area contributed by atoms with Gasteiger partial charge in [0.1, 0.15) is 0 Å². The molecule has 0 radical (unpaired) electrons. The molecule has 0 unspecified atom stereocenters. The zero-order valence-corrected chi connectivity index (χ0v) is 10.3. The summed E-state index contributed by atoms with van der Waals surface area (Å²) < 4.78 is 0.542. The van der Waals surface area contributed by atoms with E-state index in [1.807, 2.05) is 0 Å². The van der Waals surface area contributed by atoms with Crippen molar-refractivity contribution < 1.29 is 0 Å². The van der Waals surface area contributed by atoms with Crippen LogP contribution in [-0.4, -0.2) is 1.43 Å². The van der Waals surface area contributed by atoms with Crippen molar-refractivity contribution in [2.24, 2.45) is 0 Å². The Morgan fingerprint density at radius 3 is 2.50 bits per heavy atom. The third kappa shape index (κ3) is 3.55. The second-order valence-electron chi connectivity index (χ2n) is 2.76. The highest BCUT2D eigenvalue weighted by Gasteiger charge is 2.20. The quantitative estimate of drug-likeness (QED) is 0.346. The predicted octanol–water partition coefficient (Wildman–Crippen LogP) is 4.07. The number of alkyl halides is 2. The van der Waals surface area contributed by atoms with Crippen molar-refractivity contribution in [1.29, 1.82) is 0 Å². The van der Waals surface area contributed by atoms with Crippen molar-refractivity contribution in [3.05, 3.63) is 12.2 Å². The van der Waals surface area contributed by atoms with Crippen molar-refractivity contribution in [3.8, 4) is 0 Å². The summed E-state index contributed by atoms with van der Waals surface area (Å²) in [5.41, 5.74) is 0. The zero-order chi connectivity index (χ0) is 7.45. The minimum Gasteiger partial charge on any atom is -0.0885 e. The van der Waals surface area contributed by atoms with Gasteiger partial charge in [0.25, 0.3) is 0 Å². The molecule has 1 aliphatic carbocycles. The van der Waals surface area contributed by atoms with E-state index in [-0.39, 0.29) is 0 Å². The third-order valence-corrected chi connectivity index (χ3v) is 3.91. The molecule has 1 rings (SSSR count). The Balaban J connectivity index is 2.43. The molecule has 10 heavy (non-hydrogen) atoms. The monoisotopic (exact) mass is 362 g/mol. The molecule has 0 amide bonds. The molecule has 0 aromatic carbocycles. The minimum atomic E-state index is 0.542. The maximum Gasteiger partial charge on any atom is 0.0737 e. The summed E-state index contributed by atoms with van der Waals surface area (Å²) >= 11 is 5.17. The van der Waals surface area contributed by atoms with Gasteiger partial charge in [-0.25, -0.2) is 0 Å². The molecule has 0 nitrogen and oxygen atoms in total. The fourth-order valence-corrected chi connectivity index (χ4v) is 2.52. The zero-order valence-electron chi connectivity index (χ0n) is 5.95. The first kappa shape index (κ1) is 9.29. The highest BCUT2D eigenvalue weighted by molar-refractivity contribution is 14.2. The molecule has 0 aromatic rings. The highest BCUT2D eigenvalue weighted by atomic mass is 127. The molecular weight excluding hydrogens is 350 g/mol. The van der Waals surface area contributed by atoms with Gasteiger partial charge in [0.2, 0.25) is 0 Å². The van der Waals surface area contributed by atoms with Crippen LogP contribution in [0.1, 0.15) is 32.1 Å². The van der Waals surface area contributed by atoms with E-state index in [1.165, 1.54) is 32.1 Å². The fraction of sp³-hybridized carbons (Fsp3) is 0.750. The van der Waals surface area contributed by atoms with E-state index in [4.69, 9.17) is 0 Å². The molecule has 0 aromatic heterocycles. The smallest absolute Gasteiger partial charge is 0.0737 e. The first-order valence-electron chi connectivity index (χ1n) is 3.73. The van der Waals surface area contributed by atoms with Gasteiger partial charge in [-0.05, 0) is 32.1 Å².